The zero-order chi connectivity index (χ0) is 11.4. The first-order valence-corrected chi connectivity index (χ1v) is 6.26. The van der Waals surface area contributed by atoms with Crippen LogP contribution >= 0.6 is 12.4 Å². The zero-order valence-corrected chi connectivity index (χ0v) is 11.3. The average molecular weight is 263 g/mol. The van der Waals surface area contributed by atoms with Crippen molar-refractivity contribution in [1.29, 1.82) is 0 Å². The van der Waals surface area contributed by atoms with Gasteiger partial charge >= 0.3 is 0 Å². The van der Waals surface area contributed by atoms with E-state index in [0.717, 1.165) is 45.5 Å². The molecule has 2 N–H and O–H groups in total. The molecule has 2 saturated heterocycles. The highest BCUT2D eigenvalue weighted by Crippen LogP contribution is 2.26. The number of rotatable bonds is 3. The summed E-state index contributed by atoms with van der Waals surface area (Å²) in [6.07, 6.45) is 3.17. The van der Waals surface area contributed by atoms with Crippen molar-refractivity contribution in [3.8, 4) is 0 Å². The molecule has 0 aromatic carbocycles. The summed E-state index contributed by atoms with van der Waals surface area (Å²) in [5.74, 6) is 0.266. The molecule has 0 bridgehead atoms. The topological polar surface area (TPSA) is 50.4 Å². The van der Waals surface area contributed by atoms with Crippen molar-refractivity contribution in [3.63, 3.8) is 0 Å². The number of ether oxygens (including phenoxy) is 1. The maximum absolute atomic E-state index is 11.8. The summed E-state index contributed by atoms with van der Waals surface area (Å²) >= 11 is 0. The first-order valence-electron chi connectivity index (χ1n) is 6.26. The van der Waals surface area contributed by atoms with Crippen LogP contribution in [0, 0.1) is 11.3 Å². The Morgan fingerprint density at radius 3 is 2.76 bits per heavy atom. The maximum Gasteiger partial charge on any atom is 0.225 e. The van der Waals surface area contributed by atoms with Gasteiger partial charge in [0.2, 0.25) is 5.91 Å². The smallest absolute Gasteiger partial charge is 0.225 e. The number of nitrogens with one attached hydrogen (secondary N) is 2. The first kappa shape index (κ1) is 14.7. The Kier molecular flexibility index (Phi) is 5.70. The van der Waals surface area contributed by atoms with Crippen LogP contribution in [0.25, 0.3) is 0 Å². The number of amides is 1. The number of carbonyl (C=O) groups excluding carboxylic acids is 1. The van der Waals surface area contributed by atoms with Gasteiger partial charge in [-0.15, -0.1) is 12.4 Å². The lowest BCUT2D eigenvalue weighted by Crippen LogP contribution is -2.44. The Morgan fingerprint density at radius 1 is 1.47 bits per heavy atom. The minimum absolute atomic E-state index is 0. The van der Waals surface area contributed by atoms with E-state index < -0.39 is 0 Å². The van der Waals surface area contributed by atoms with E-state index in [1.807, 2.05) is 0 Å². The van der Waals surface area contributed by atoms with Crippen LogP contribution in [0.1, 0.15) is 26.2 Å². The second-order valence-electron chi connectivity index (χ2n) is 5.34. The van der Waals surface area contributed by atoms with Gasteiger partial charge in [-0.1, -0.05) is 6.92 Å². The van der Waals surface area contributed by atoms with Gasteiger partial charge in [0.05, 0.1) is 12.5 Å². The monoisotopic (exact) mass is 262 g/mol. The van der Waals surface area contributed by atoms with Crippen LogP contribution in [0.4, 0.5) is 0 Å². The summed E-state index contributed by atoms with van der Waals surface area (Å²) in [4.78, 5) is 11.8. The zero-order valence-electron chi connectivity index (χ0n) is 10.5. The number of carbonyl (C=O) groups is 1. The molecule has 2 rings (SSSR count). The Morgan fingerprint density at radius 2 is 2.18 bits per heavy atom. The lowest BCUT2D eigenvalue weighted by Gasteiger charge is -2.34. The molecule has 5 heteroatoms. The highest BCUT2D eigenvalue weighted by Gasteiger charge is 2.29. The quantitative estimate of drug-likeness (QED) is 0.796. The van der Waals surface area contributed by atoms with E-state index in [4.69, 9.17) is 4.74 Å². The van der Waals surface area contributed by atoms with Crippen molar-refractivity contribution in [2.24, 2.45) is 11.3 Å². The van der Waals surface area contributed by atoms with E-state index in [1.54, 1.807) is 0 Å². The third-order valence-corrected chi connectivity index (χ3v) is 3.80. The molecule has 0 radical (unpaired) electrons. The summed E-state index contributed by atoms with van der Waals surface area (Å²) in [7, 11) is 0. The normalized spacial score (nSPS) is 27.2. The molecule has 1 unspecified atom stereocenters. The molecule has 0 aromatic rings. The van der Waals surface area contributed by atoms with Crippen LogP contribution in [0.5, 0.6) is 0 Å². The third kappa shape index (κ3) is 4.12. The molecular formula is C12H23ClN2O2. The Bertz CT molecular complexity index is 249. The van der Waals surface area contributed by atoms with Crippen molar-refractivity contribution in [2.75, 3.05) is 32.8 Å². The third-order valence-electron chi connectivity index (χ3n) is 3.80. The van der Waals surface area contributed by atoms with Crippen molar-refractivity contribution in [1.82, 2.24) is 10.6 Å². The van der Waals surface area contributed by atoms with Gasteiger partial charge in [0.15, 0.2) is 0 Å². The molecule has 4 nitrogen and oxygen atoms in total. The van der Waals surface area contributed by atoms with Crippen molar-refractivity contribution < 1.29 is 9.53 Å². The molecule has 2 fully saturated rings. The van der Waals surface area contributed by atoms with Crippen LogP contribution in [0.2, 0.25) is 0 Å². The molecular weight excluding hydrogens is 240 g/mol. The predicted octanol–water partition coefficient (Wildman–Crippen LogP) is 0.951. The van der Waals surface area contributed by atoms with E-state index in [0.29, 0.717) is 6.61 Å². The molecule has 1 amide bonds. The predicted molar refractivity (Wildman–Crippen MR) is 69.4 cm³/mol. The summed E-state index contributed by atoms with van der Waals surface area (Å²) in [6.45, 7) is 6.55. The highest BCUT2D eigenvalue weighted by molar-refractivity contribution is 5.85. The maximum atomic E-state index is 11.8. The standard InChI is InChI=1S/C12H22N2O2.ClH/c1-12(3-5-13-6-4-12)9-14-11(15)10-2-7-16-8-10;/h10,13H,2-9H2,1H3,(H,14,15);1H. The van der Waals surface area contributed by atoms with Gasteiger partial charge in [0.25, 0.3) is 0 Å². The molecule has 2 aliphatic rings. The van der Waals surface area contributed by atoms with Crippen LogP contribution in [0.15, 0.2) is 0 Å². The summed E-state index contributed by atoms with van der Waals surface area (Å²) in [5, 5.41) is 6.44. The molecule has 17 heavy (non-hydrogen) atoms. The van der Waals surface area contributed by atoms with E-state index >= 15 is 0 Å². The van der Waals surface area contributed by atoms with Gasteiger partial charge in [0.1, 0.15) is 0 Å². The van der Waals surface area contributed by atoms with Gasteiger partial charge in [-0.25, -0.2) is 0 Å². The lowest BCUT2D eigenvalue weighted by molar-refractivity contribution is -0.125. The van der Waals surface area contributed by atoms with E-state index in [1.165, 1.54) is 0 Å². The second kappa shape index (κ2) is 6.57. The van der Waals surface area contributed by atoms with Crippen molar-refractivity contribution in [2.45, 2.75) is 26.2 Å². The van der Waals surface area contributed by atoms with E-state index in [9.17, 15) is 4.79 Å². The Balaban J connectivity index is 0.00000144. The SMILES string of the molecule is CC1(CNC(=O)C2CCOC2)CCNCC1.Cl. The molecule has 100 valence electrons. The van der Waals surface area contributed by atoms with E-state index in [2.05, 4.69) is 17.6 Å². The Labute approximate surface area is 109 Å². The van der Waals surface area contributed by atoms with Crippen LogP contribution in [-0.2, 0) is 9.53 Å². The Hall–Kier alpha value is -0.320. The molecule has 2 heterocycles. The lowest BCUT2D eigenvalue weighted by atomic mass is 9.81. The van der Waals surface area contributed by atoms with Gasteiger partial charge < -0.3 is 15.4 Å². The summed E-state index contributed by atoms with van der Waals surface area (Å²) in [5.41, 5.74) is 0.278. The number of hydrogen-bond acceptors (Lipinski definition) is 3. The summed E-state index contributed by atoms with van der Waals surface area (Å²) in [6, 6.07) is 0. The van der Waals surface area contributed by atoms with Gasteiger partial charge in [-0.3, -0.25) is 4.79 Å². The number of hydrogen-bond donors (Lipinski definition) is 2. The van der Waals surface area contributed by atoms with Crippen molar-refractivity contribution in [3.05, 3.63) is 0 Å². The van der Waals surface area contributed by atoms with Gasteiger partial charge in [-0.2, -0.15) is 0 Å². The van der Waals surface area contributed by atoms with Crippen molar-refractivity contribution >= 4 is 18.3 Å². The second-order valence-corrected chi connectivity index (χ2v) is 5.34. The molecule has 0 aromatic heterocycles. The molecule has 2 aliphatic heterocycles. The van der Waals surface area contributed by atoms with Crippen LogP contribution in [-0.4, -0.2) is 38.8 Å². The fraction of sp³-hybridized carbons (Fsp3) is 0.917. The fourth-order valence-electron chi connectivity index (χ4n) is 2.39. The highest BCUT2D eigenvalue weighted by atomic mass is 35.5. The first-order chi connectivity index (χ1) is 7.70. The molecule has 0 saturated carbocycles. The average Bonchev–Trinajstić information content (AvgIpc) is 2.80. The summed E-state index contributed by atoms with van der Waals surface area (Å²) < 4.78 is 5.22. The molecule has 1 atom stereocenters. The van der Waals surface area contributed by atoms with Gasteiger partial charge in [-0.05, 0) is 37.8 Å². The molecule has 0 spiro atoms. The molecule has 0 aliphatic carbocycles. The van der Waals surface area contributed by atoms with Crippen LogP contribution < -0.4 is 10.6 Å². The number of halogens is 1. The largest absolute Gasteiger partial charge is 0.381 e. The van der Waals surface area contributed by atoms with Gasteiger partial charge in [0, 0.05) is 13.2 Å². The van der Waals surface area contributed by atoms with Crippen LogP contribution in [0.3, 0.4) is 0 Å². The minimum Gasteiger partial charge on any atom is -0.381 e. The van der Waals surface area contributed by atoms with E-state index in [-0.39, 0.29) is 29.6 Å². The fourth-order valence-corrected chi connectivity index (χ4v) is 2.39. The minimum atomic E-state index is 0. The number of piperidine rings is 1.